The maximum Gasteiger partial charge on any atom is 0.186 e. The van der Waals surface area contributed by atoms with Crippen molar-refractivity contribution in [2.45, 2.75) is 153 Å². The molecule has 1 aliphatic heterocycles. The molecule has 0 aromatic carbocycles. The molecule has 1 fully saturated rings. The number of aliphatic hydroxyl groups is 6. The van der Waals surface area contributed by atoms with Crippen molar-refractivity contribution < 1.29 is 44.9 Å². The molecule has 9 nitrogen and oxygen atoms in total. The Morgan fingerprint density at radius 1 is 0.811 bits per heavy atom. The van der Waals surface area contributed by atoms with Crippen LogP contribution < -0.4 is 0 Å². The summed E-state index contributed by atoms with van der Waals surface area (Å²) >= 11 is 0. The highest BCUT2D eigenvalue weighted by molar-refractivity contribution is 5.78. The number of ether oxygens (including phenoxy) is 2. The zero-order chi connectivity index (χ0) is 27.6. The largest absolute Gasteiger partial charge is 0.394 e. The number of ketones is 1. The SMILES string of the molecule is CCCCCCCCCCCCCCC(=O)C[C@@H](COC1OC(CO)C(O)C(O)C1O)[C@H](O)[C@H](O)CC. The highest BCUT2D eigenvalue weighted by atomic mass is 16.7. The molecule has 6 N–H and O–H groups in total. The minimum absolute atomic E-state index is 0.00762. The van der Waals surface area contributed by atoms with Crippen LogP contribution in [0.3, 0.4) is 0 Å². The molecule has 0 spiro atoms. The van der Waals surface area contributed by atoms with Crippen LogP contribution in [0, 0.1) is 5.92 Å². The average Bonchev–Trinajstić information content (AvgIpc) is 2.90. The summed E-state index contributed by atoms with van der Waals surface area (Å²) in [6.45, 7) is 3.17. The normalized spacial score (nSPS) is 26.6. The third-order valence-electron chi connectivity index (χ3n) is 7.42. The van der Waals surface area contributed by atoms with E-state index in [0.29, 0.717) is 12.8 Å². The van der Waals surface area contributed by atoms with Crippen LogP contribution in [0.4, 0.5) is 0 Å². The Balaban J connectivity index is 2.38. The van der Waals surface area contributed by atoms with Crippen LogP contribution >= 0.6 is 0 Å². The summed E-state index contributed by atoms with van der Waals surface area (Å²) in [6.07, 6.45) is 5.84. The van der Waals surface area contributed by atoms with Gasteiger partial charge in [-0.25, -0.2) is 0 Å². The minimum Gasteiger partial charge on any atom is -0.394 e. The molecule has 220 valence electrons. The lowest BCUT2D eigenvalue weighted by Gasteiger charge is -2.40. The lowest BCUT2D eigenvalue weighted by Crippen LogP contribution is -2.59. The van der Waals surface area contributed by atoms with Crippen molar-refractivity contribution in [3.05, 3.63) is 0 Å². The molecule has 1 heterocycles. The molecule has 5 unspecified atom stereocenters. The molecule has 0 aromatic heterocycles. The fraction of sp³-hybridized carbons (Fsp3) is 0.964. The molecular formula is C28H54O9. The van der Waals surface area contributed by atoms with Gasteiger partial charge in [0.25, 0.3) is 0 Å². The van der Waals surface area contributed by atoms with E-state index in [-0.39, 0.29) is 18.8 Å². The van der Waals surface area contributed by atoms with Crippen molar-refractivity contribution in [2.75, 3.05) is 13.2 Å². The van der Waals surface area contributed by atoms with Gasteiger partial charge in [0.15, 0.2) is 6.29 Å². The third-order valence-corrected chi connectivity index (χ3v) is 7.42. The number of Topliss-reactive ketones (excluding diaryl/α,β-unsaturated/α-hetero) is 1. The van der Waals surface area contributed by atoms with Crippen LogP contribution in [-0.4, -0.2) is 92.5 Å². The van der Waals surface area contributed by atoms with E-state index in [1.807, 2.05) is 0 Å². The van der Waals surface area contributed by atoms with Crippen molar-refractivity contribution in [3.8, 4) is 0 Å². The quantitative estimate of drug-likeness (QED) is 0.115. The molecule has 0 radical (unpaired) electrons. The van der Waals surface area contributed by atoms with Crippen LogP contribution in [0.15, 0.2) is 0 Å². The number of carbonyl (C=O) groups is 1. The summed E-state index contributed by atoms with van der Waals surface area (Å²) in [5, 5.41) is 60.1. The molecule has 1 rings (SSSR count). The van der Waals surface area contributed by atoms with Crippen molar-refractivity contribution in [1.29, 1.82) is 0 Å². The number of rotatable bonds is 22. The summed E-state index contributed by atoms with van der Waals surface area (Å²) in [6, 6.07) is 0. The van der Waals surface area contributed by atoms with Gasteiger partial charge in [-0.2, -0.15) is 0 Å². The number of aliphatic hydroxyl groups excluding tert-OH is 6. The van der Waals surface area contributed by atoms with Gasteiger partial charge in [-0.3, -0.25) is 4.79 Å². The highest BCUT2D eigenvalue weighted by Gasteiger charge is 2.44. The summed E-state index contributed by atoms with van der Waals surface area (Å²) < 4.78 is 10.9. The summed E-state index contributed by atoms with van der Waals surface area (Å²) in [4.78, 5) is 12.6. The van der Waals surface area contributed by atoms with Gasteiger partial charge in [0.2, 0.25) is 0 Å². The predicted molar refractivity (Wildman–Crippen MR) is 141 cm³/mol. The minimum atomic E-state index is -1.58. The average molecular weight is 535 g/mol. The van der Waals surface area contributed by atoms with Crippen molar-refractivity contribution in [3.63, 3.8) is 0 Å². The van der Waals surface area contributed by atoms with Crippen LogP contribution in [0.5, 0.6) is 0 Å². The standard InChI is InChI=1S/C28H54O9/c1-3-5-6-7-8-9-10-11-12-13-14-15-16-21(30)17-20(24(32)22(31)4-2)19-36-28-27(35)26(34)25(33)23(18-29)37-28/h20,22-29,31-35H,3-19H2,1-2H3/t20-,22+,23?,24-,25?,26?,27?,28?/m0/s1. The molecule has 1 aliphatic rings. The van der Waals surface area contributed by atoms with E-state index in [4.69, 9.17) is 9.47 Å². The third kappa shape index (κ3) is 13.3. The summed E-state index contributed by atoms with van der Waals surface area (Å²) in [5.41, 5.74) is 0. The first-order valence-corrected chi connectivity index (χ1v) is 14.6. The second kappa shape index (κ2) is 20.3. The van der Waals surface area contributed by atoms with Gasteiger partial charge < -0.3 is 40.1 Å². The number of hydrogen-bond acceptors (Lipinski definition) is 9. The number of unbranched alkanes of at least 4 members (excludes halogenated alkanes) is 11. The fourth-order valence-electron chi connectivity index (χ4n) is 4.82. The maximum absolute atomic E-state index is 12.6. The molecule has 0 aromatic rings. The first-order chi connectivity index (χ1) is 17.8. The van der Waals surface area contributed by atoms with Gasteiger partial charge in [0, 0.05) is 18.8 Å². The number of hydrogen-bond donors (Lipinski definition) is 6. The van der Waals surface area contributed by atoms with Crippen molar-refractivity contribution in [1.82, 2.24) is 0 Å². The molecule has 0 bridgehead atoms. The van der Waals surface area contributed by atoms with Crippen LogP contribution in [0.1, 0.15) is 110 Å². The molecule has 0 amide bonds. The van der Waals surface area contributed by atoms with E-state index < -0.39 is 55.4 Å². The highest BCUT2D eigenvalue weighted by Crippen LogP contribution is 2.25. The van der Waals surface area contributed by atoms with Gasteiger partial charge in [-0.05, 0) is 12.8 Å². The molecule has 9 heteroatoms. The predicted octanol–water partition coefficient (Wildman–Crippen LogP) is 2.60. The van der Waals surface area contributed by atoms with Gasteiger partial charge in [0.1, 0.15) is 30.2 Å². The Kier molecular flexibility index (Phi) is 18.8. The van der Waals surface area contributed by atoms with Gasteiger partial charge in [0.05, 0.1) is 25.4 Å². The monoisotopic (exact) mass is 534 g/mol. The Hall–Kier alpha value is -0.650. The molecule has 1 saturated heterocycles. The van der Waals surface area contributed by atoms with Gasteiger partial charge in [-0.15, -0.1) is 0 Å². The number of carbonyl (C=O) groups excluding carboxylic acids is 1. The van der Waals surface area contributed by atoms with E-state index in [9.17, 15) is 35.4 Å². The second-order valence-electron chi connectivity index (χ2n) is 10.6. The molecule has 0 saturated carbocycles. The maximum atomic E-state index is 12.6. The Morgan fingerprint density at radius 3 is 1.86 bits per heavy atom. The Labute approximate surface area is 223 Å². The van der Waals surface area contributed by atoms with Crippen LogP contribution in [-0.2, 0) is 14.3 Å². The smallest absolute Gasteiger partial charge is 0.186 e. The van der Waals surface area contributed by atoms with Crippen LogP contribution in [0.2, 0.25) is 0 Å². The van der Waals surface area contributed by atoms with E-state index in [1.54, 1.807) is 6.92 Å². The summed E-state index contributed by atoms with van der Waals surface area (Å²) in [5.74, 6) is -0.760. The first-order valence-electron chi connectivity index (χ1n) is 14.6. The van der Waals surface area contributed by atoms with E-state index in [2.05, 4.69) is 6.92 Å². The van der Waals surface area contributed by atoms with Crippen molar-refractivity contribution >= 4 is 5.78 Å². The fourth-order valence-corrected chi connectivity index (χ4v) is 4.82. The lowest BCUT2D eigenvalue weighted by molar-refractivity contribution is -0.304. The molecule has 8 atom stereocenters. The zero-order valence-corrected chi connectivity index (χ0v) is 23.0. The topological polar surface area (TPSA) is 157 Å². The Bertz CT molecular complexity index is 574. The second-order valence-corrected chi connectivity index (χ2v) is 10.6. The molecule has 0 aliphatic carbocycles. The zero-order valence-electron chi connectivity index (χ0n) is 23.0. The lowest BCUT2D eigenvalue weighted by atomic mass is 9.90. The van der Waals surface area contributed by atoms with E-state index in [1.165, 1.54) is 57.8 Å². The molecular weight excluding hydrogens is 480 g/mol. The van der Waals surface area contributed by atoms with Gasteiger partial charge >= 0.3 is 0 Å². The van der Waals surface area contributed by atoms with E-state index >= 15 is 0 Å². The van der Waals surface area contributed by atoms with Gasteiger partial charge in [-0.1, -0.05) is 84.5 Å². The van der Waals surface area contributed by atoms with Crippen LogP contribution in [0.25, 0.3) is 0 Å². The Morgan fingerprint density at radius 2 is 1.35 bits per heavy atom. The molecule has 37 heavy (non-hydrogen) atoms. The van der Waals surface area contributed by atoms with E-state index in [0.717, 1.165) is 19.3 Å². The summed E-state index contributed by atoms with van der Waals surface area (Å²) in [7, 11) is 0. The van der Waals surface area contributed by atoms with Crippen molar-refractivity contribution in [2.24, 2.45) is 5.92 Å². The first kappa shape index (κ1) is 34.4.